The fourth-order valence-corrected chi connectivity index (χ4v) is 2.81. The zero-order valence-corrected chi connectivity index (χ0v) is 14.3. The number of ether oxygens (including phenoxy) is 1. The fourth-order valence-electron chi connectivity index (χ4n) is 2.81. The van der Waals surface area contributed by atoms with Gasteiger partial charge < -0.3 is 10.5 Å². The summed E-state index contributed by atoms with van der Waals surface area (Å²) >= 11 is 0. The van der Waals surface area contributed by atoms with Crippen molar-refractivity contribution in [2.75, 3.05) is 6.61 Å². The zero-order chi connectivity index (χ0) is 17.0. The molecule has 23 heavy (non-hydrogen) atoms. The summed E-state index contributed by atoms with van der Waals surface area (Å²) in [5, 5.41) is 0. The zero-order valence-electron chi connectivity index (χ0n) is 14.3. The van der Waals surface area contributed by atoms with Crippen LogP contribution in [-0.4, -0.2) is 17.1 Å². The quantitative estimate of drug-likeness (QED) is 0.807. The van der Waals surface area contributed by atoms with Gasteiger partial charge in [-0.3, -0.25) is 0 Å². The van der Waals surface area contributed by atoms with Crippen LogP contribution in [0.25, 0.3) is 11.1 Å². The van der Waals surface area contributed by atoms with Crippen LogP contribution < -0.4 is 10.5 Å². The van der Waals surface area contributed by atoms with Gasteiger partial charge >= 0.3 is 0 Å². The van der Waals surface area contributed by atoms with E-state index in [9.17, 15) is 4.39 Å². The van der Waals surface area contributed by atoms with E-state index in [2.05, 4.69) is 18.8 Å². The molecule has 2 rings (SSSR count). The van der Waals surface area contributed by atoms with E-state index in [0.29, 0.717) is 12.5 Å². The highest BCUT2D eigenvalue weighted by atomic mass is 19.1. The van der Waals surface area contributed by atoms with Crippen LogP contribution in [0.5, 0.6) is 5.75 Å². The van der Waals surface area contributed by atoms with E-state index in [1.165, 1.54) is 12.3 Å². The summed E-state index contributed by atoms with van der Waals surface area (Å²) in [5.74, 6) is 0.857. The summed E-state index contributed by atoms with van der Waals surface area (Å²) < 4.78 is 19.1. The van der Waals surface area contributed by atoms with Crippen LogP contribution in [0.3, 0.4) is 0 Å². The van der Waals surface area contributed by atoms with E-state index >= 15 is 0 Å². The average Bonchev–Trinajstić information content (AvgIpc) is 2.44. The second-order valence-electron chi connectivity index (χ2n) is 6.89. The molecule has 1 atom stereocenters. The molecule has 0 bridgehead atoms. The Balaban J connectivity index is 2.11. The number of pyridine rings is 1. The van der Waals surface area contributed by atoms with Crippen molar-refractivity contribution in [3.63, 3.8) is 0 Å². The van der Waals surface area contributed by atoms with Crippen molar-refractivity contribution in [2.24, 2.45) is 11.7 Å². The number of aromatic nitrogens is 1. The van der Waals surface area contributed by atoms with Gasteiger partial charge in [0.1, 0.15) is 12.4 Å². The first-order valence-electron chi connectivity index (χ1n) is 7.91. The van der Waals surface area contributed by atoms with Gasteiger partial charge in [0.15, 0.2) is 0 Å². The predicted molar refractivity (Wildman–Crippen MR) is 91.9 cm³/mol. The highest BCUT2D eigenvalue weighted by Gasteiger charge is 2.21. The van der Waals surface area contributed by atoms with Gasteiger partial charge in [0, 0.05) is 17.8 Å². The highest BCUT2D eigenvalue weighted by molar-refractivity contribution is 5.65. The van der Waals surface area contributed by atoms with Crippen LogP contribution in [0.1, 0.15) is 32.8 Å². The summed E-state index contributed by atoms with van der Waals surface area (Å²) in [5.41, 5.74) is 8.67. The number of rotatable bonds is 6. The van der Waals surface area contributed by atoms with Crippen molar-refractivity contribution in [3.8, 4) is 16.9 Å². The minimum Gasteiger partial charge on any atom is -0.491 e. The van der Waals surface area contributed by atoms with Crippen molar-refractivity contribution in [3.05, 3.63) is 48.0 Å². The Bertz CT molecular complexity index is 668. The molecule has 0 saturated heterocycles. The minimum absolute atomic E-state index is 0.354. The fraction of sp³-hybridized carbons (Fsp3) is 0.421. The molecule has 1 unspecified atom stereocenters. The molecular formula is C19H25FN2O. The first-order valence-corrected chi connectivity index (χ1v) is 7.91. The van der Waals surface area contributed by atoms with Crippen molar-refractivity contribution in [2.45, 2.75) is 39.7 Å². The van der Waals surface area contributed by atoms with E-state index in [0.717, 1.165) is 28.9 Å². The van der Waals surface area contributed by atoms with Crippen LogP contribution >= 0.6 is 0 Å². The SMILES string of the molecule is Cc1cc(-c2ccnc(F)c2)ccc1OCC(C)(N)CC(C)C. The normalized spacial score (nSPS) is 13.9. The lowest BCUT2D eigenvalue weighted by Gasteiger charge is -2.27. The number of aryl methyl sites for hydroxylation is 1. The van der Waals surface area contributed by atoms with Gasteiger partial charge in [-0.2, -0.15) is 4.39 Å². The van der Waals surface area contributed by atoms with E-state index in [1.54, 1.807) is 6.07 Å². The molecule has 4 heteroatoms. The van der Waals surface area contributed by atoms with Crippen LogP contribution in [0.15, 0.2) is 36.5 Å². The number of benzene rings is 1. The maximum absolute atomic E-state index is 13.2. The molecule has 0 spiro atoms. The predicted octanol–water partition coefficient (Wildman–Crippen LogP) is 4.34. The molecule has 0 aliphatic carbocycles. The Morgan fingerprint density at radius 2 is 1.91 bits per heavy atom. The number of nitrogens with zero attached hydrogens (tertiary/aromatic N) is 1. The molecule has 0 fully saturated rings. The van der Waals surface area contributed by atoms with Gasteiger partial charge in [-0.1, -0.05) is 19.9 Å². The van der Waals surface area contributed by atoms with E-state index in [1.807, 2.05) is 32.0 Å². The molecule has 1 aromatic heterocycles. The van der Waals surface area contributed by atoms with Gasteiger partial charge in [-0.05, 0) is 61.1 Å². The molecule has 0 saturated carbocycles. The maximum Gasteiger partial charge on any atom is 0.213 e. The largest absolute Gasteiger partial charge is 0.491 e. The van der Waals surface area contributed by atoms with Gasteiger partial charge in [-0.15, -0.1) is 0 Å². The van der Waals surface area contributed by atoms with Crippen LogP contribution in [-0.2, 0) is 0 Å². The second-order valence-corrected chi connectivity index (χ2v) is 6.89. The summed E-state index contributed by atoms with van der Waals surface area (Å²) in [7, 11) is 0. The second kappa shape index (κ2) is 7.09. The summed E-state index contributed by atoms with van der Waals surface area (Å²) in [4.78, 5) is 3.58. The molecular weight excluding hydrogens is 291 g/mol. The van der Waals surface area contributed by atoms with Gasteiger partial charge in [0.2, 0.25) is 5.95 Å². The Hall–Kier alpha value is -1.94. The molecule has 2 N–H and O–H groups in total. The first-order chi connectivity index (χ1) is 10.8. The molecule has 1 aromatic carbocycles. The number of halogens is 1. The van der Waals surface area contributed by atoms with Crippen LogP contribution in [0.2, 0.25) is 0 Å². The van der Waals surface area contributed by atoms with Crippen molar-refractivity contribution >= 4 is 0 Å². The smallest absolute Gasteiger partial charge is 0.213 e. The lowest BCUT2D eigenvalue weighted by molar-refractivity contribution is 0.206. The van der Waals surface area contributed by atoms with Crippen LogP contribution in [0, 0.1) is 18.8 Å². The molecule has 124 valence electrons. The van der Waals surface area contributed by atoms with Gasteiger partial charge in [0.25, 0.3) is 0 Å². The van der Waals surface area contributed by atoms with E-state index in [-0.39, 0.29) is 5.54 Å². The highest BCUT2D eigenvalue weighted by Crippen LogP contribution is 2.27. The molecule has 1 heterocycles. The minimum atomic E-state index is -0.479. The third-order valence-electron chi connectivity index (χ3n) is 3.67. The summed E-state index contributed by atoms with van der Waals surface area (Å²) in [6.07, 6.45) is 2.37. The van der Waals surface area contributed by atoms with E-state index in [4.69, 9.17) is 10.5 Å². The lowest BCUT2D eigenvalue weighted by Crippen LogP contribution is -2.43. The lowest BCUT2D eigenvalue weighted by atomic mass is 9.93. The van der Waals surface area contributed by atoms with Crippen LogP contribution in [0.4, 0.5) is 4.39 Å². The third kappa shape index (κ3) is 5.03. The third-order valence-corrected chi connectivity index (χ3v) is 3.67. The van der Waals surface area contributed by atoms with Gasteiger partial charge in [-0.25, -0.2) is 4.98 Å². The maximum atomic E-state index is 13.2. The summed E-state index contributed by atoms with van der Waals surface area (Å²) in [6, 6.07) is 9.04. The number of hydrogen-bond acceptors (Lipinski definition) is 3. The standard InChI is InChI=1S/C19H25FN2O/c1-13(2)11-19(4,21)12-23-17-6-5-15(9-14(17)3)16-7-8-22-18(20)10-16/h5-10,13H,11-12,21H2,1-4H3. The molecule has 0 radical (unpaired) electrons. The summed E-state index contributed by atoms with van der Waals surface area (Å²) in [6.45, 7) is 8.76. The molecule has 0 amide bonds. The Kier molecular flexibility index (Phi) is 5.37. The molecule has 3 nitrogen and oxygen atoms in total. The van der Waals surface area contributed by atoms with Crippen molar-refractivity contribution < 1.29 is 9.13 Å². The van der Waals surface area contributed by atoms with Crippen molar-refractivity contribution in [1.29, 1.82) is 0 Å². The molecule has 0 aliphatic rings. The first kappa shape index (κ1) is 17.4. The monoisotopic (exact) mass is 316 g/mol. The molecule has 0 aliphatic heterocycles. The Morgan fingerprint density at radius 1 is 1.22 bits per heavy atom. The van der Waals surface area contributed by atoms with Crippen molar-refractivity contribution in [1.82, 2.24) is 4.98 Å². The molecule has 2 aromatic rings. The average molecular weight is 316 g/mol. The van der Waals surface area contributed by atoms with Gasteiger partial charge in [0.05, 0.1) is 0 Å². The number of hydrogen-bond donors (Lipinski definition) is 1. The van der Waals surface area contributed by atoms with E-state index < -0.39 is 5.95 Å². The topological polar surface area (TPSA) is 48.1 Å². The number of nitrogens with two attached hydrogens (primary N) is 1. The Morgan fingerprint density at radius 3 is 2.52 bits per heavy atom. The Labute approximate surface area is 137 Å².